The van der Waals surface area contributed by atoms with Crippen LogP contribution in [0.3, 0.4) is 0 Å². The zero-order valence-corrected chi connectivity index (χ0v) is 23.8. The summed E-state index contributed by atoms with van der Waals surface area (Å²) in [6, 6.07) is 11.7. The topological polar surface area (TPSA) is 140 Å². The zero-order chi connectivity index (χ0) is 29.0. The predicted octanol–water partition coefficient (Wildman–Crippen LogP) is 4.70. The Bertz CT molecular complexity index is 1440. The second-order valence-electron chi connectivity index (χ2n) is 10.4. The van der Waals surface area contributed by atoms with Crippen molar-refractivity contribution in [3.63, 3.8) is 0 Å². The normalized spacial score (nSPS) is 15.0. The molecule has 3 amide bonds. The number of carbonyl (C=O) groups is 3. The number of nitrogens with one attached hydrogen (secondary N) is 2. The number of carbonyl (C=O) groups excluding carboxylic acids is 3. The van der Waals surface area contributed by atoms with E-state index in [1.165, 1.54) is 6.20 Å². The van der Waals surface area contributed by atoms with Crippen LogP contribution >= 0.6 is 23.2 Å². The van der Waals surface area contributed by atoms with E-state index in [1.807, 2.05) is 0 Å². The number of nitrogen functional groups attached to an aromatic ring is 1. The van der Waals surface area contributed by atoms with Crippen LogP contribution in [0.2, 0.25) is 10.0 Å². The van der Waals surface area contributed by atoms with Crippen molar-refractivity contribution in [2.45, 2.75) is 45.4 Å². The molecule has 1 fully saturated rings. The second-order valence-corrected chi connectivity index (χ2v) is 11.2. The Kier molecular flexibility index (Phi) is 8.80. The first-order valence-corrected chi connectivity index (χ1v) is 13.4. The third-order valence-corrected chi connectivity index (χ3v) is 6.79. The highest BCUT2D eigenvalue weighted by Crippen LogP contribution is 2.23. The fraction of sp³-hybridized carbons (Fsp3) is 0.321. The summed E-state index contributed by atoms with van der Waals surface area (Å²) in [6.07, 6.45) is 1.59. The van der Waals surface area contributed by atoms with Gasteiger partial charge in [-0.3, -0.25) is 9.59 Å². The molecule has 2 heterocycles. The summed E-state index contributed by atoms with van der Waals surface area (Å²) in [5, 5.41) is 6.57. The molecule has 1 saturated heterocycles. The molecule has 1 atom stereocenters. The summed E-state index contributed by atoms with van der Waals surface area (Å²) < 4.78 is 5.41. The molecule has 4 rings (SSSR count). The molecule has 12 heteroatoms. The van der Waals surface area contributed by atoms with Crippen LogP contribution < -0.4 is 16.4 Å². The highest BCUT2D eigenvalue weighted by molar-refractivity contribution is 6.42. The molecule has 0 aliphatic carbocycles. The lowest BCUT2D eigenvalue weighted by molar-refractivity contribution is 0.0290. The number of benzene rings is 2. The van der Waals surface area contributed by atoms with Gasteiger partial charge >= 0.3 is 6.09 Å². The van der Waals surface area contributed by atoms with E-state index in [1.54, 1.807) is 68.1 Å². The molecule has 210 valence electrons. The average molecular weight is 585 g/mol. The fourth-order valence-electron chi connectivity index (χ4n) is 4.08. The van der Waals surface area contributed by atoms with E-state index in [0.29, 0.717) is 46.4 Å². The summed E-state index contributed by atoms with van der Waals surface area (Å²) in [5.41, 5.74) is 7.49. The number of rotatable bonds is 6. The van der Waals surface area contributed by atoms with E-state index < -0.39 is 17.6 Å². The van der Waals surface area contributed by atoms with Crippen molar-refractivity contribution in [2.75, 3.05) is 18.8 Å². The lowest BCUT2D eigenvalue weighted by Crippen LogP contribution is -2.40. The average Bonchev–Trinajstić information content (AvgIpc) is 3.37. The molecule has 3 aromatic rings. The molecule has 1 aromatic heterocycles. The number of hydrogen-bond donors (Lipinski definition) is 3. The van der Waals surface area contributed by atoms with E-state index in [4.69, 9.17) is 33.7 Å². The van der Waals surface area contributed by atoms with E-state index >= 15 is 0 Å². The Morgan fingerprint density at radius 3 is 2.60 bits per heavy atom. The summed E-state index contributed by atoms with van der Waals surface area (Å²) in [7, 11) is 0. The van der Waals surface area contributed by atoms with Crippen LogP contribution in [-0.4, -0.2) is 57.5 Å². The number of amides is 3. The maximum absolute atomic E-state index is 13.0. The van der Waals surface area contributed by atoms with Crippen LogP contribution in [0.1, 0.15) is 53.6 Å². The minimum absolute atomic E-state index is 0.0289. The van der Waals surface area contributed by atoms with E-state index in [0.717, 1.165) is 5.56 Å². The third-order valence-electron chi connectivity index (χ3n) is 6.05. The van der Waals surface area contributed by atoms with Gasteiger partial charge in [-0.05, 0) is 57.0 Å². The molecule has 10 nitrogen and oxygen atoms in total. The monoisotopic (exact) mass is 584 g/mol. The lowest BCUT2D eigenvalue weighted by Gasteiger charge is -2.24. The highest BCUT2D eigenvalue weighted by atomic mass is 35.5. The highest BCUT2D eigenvalue weighted by Gasteiger charge is 2.31. The summed E-state index contributed by atoms with van der Waals surface area (Å²) in [4.78, 5) is 48.3. The predicted molar refractivity (Wildman–Crippen MR) is 153 cm³/mol. The Labute approximate surface area is 242 Å². The van der Waals surface area contributed by atoms with Crippen LogP contribution in [-0.2, 0) is 11.3 Å². The summed E-state index contributed by atoms with van der Waals surface area (Å²) in [5.74, 6) is -0.831. The van der Waals surface area contributed by atoms with Crippen molar-refractivity contribution < 1.29 is 19.1 Å². The first-order chi connectivity index (χ1) is 18.9. The van der Waals surface area contributed by atoms with Gasteiger partial charge in [-0.15, -0.1) is 0 Å². The van der Waals surface area contributed by atoms with Crippen LogP contribution in [0.15, 0.2) is 48.7 Å². The van der Waals surface area contributed by atoms with Gasteiger partial charge in [-0.25, -0.2) is 14.8 Å². The van der Waals surface area contributed by atoms with Crippen molar-refractivity contribution in [1.82, 2.24) is 25.5 Å². The first kappa shape index (κ1) is 29.1. The van der Waals surface area contributed by atoms with Gasteiger partial charge < -0.3 is 26.0 Å². The first-order valence-electron chi connectivity index (χ1n) is 12.6. The van der Waals surface area contributed by atoms with Crippen molar-refractivity contribution in [1.29, 1.82) is 0 Å². The molecular formula is C28H30Cl2N6O4. The fourth-order valence-corrected chi connectivity index (χ4v) is 4.40. The summed E-state index contributed by atoms with van der Waals surface area (Å²) >= 11 is 12.0. The molecule has 0 unspecified atom stereocenters. The Morgan fingerprint density at radius 1 is 1.10 bits per heavy atom. The minimum atomic E-state index is -0.605. The molecule has 2 aromatic carbocycles. The quantitative estimate of drug-likeness (QED) is 0.381. The smallest absolute Gasteiger partial charge is 0.410 e. The van der Waals surface area contributed by atoms with Gasteiger partial charge in [-0.1, -0.05) is 41.4 Å². The number of likely N-dealkylation sites (tertiary alicyclic amines) is 1. The molecular weight excluding hydrogens is 555 g/mol. The lowest BCUT2D eigenvalue weighted by atomic mass is 10.1. The van der Waals surface area contributed by atoms with Gasteiger partial charge in [0.2, 0.25) is 0 Å². The van der Waals surface area contributed by atoms with E-state index in [-0.39, 0.29) is 30.0 Å². The minimum Gasteiger partial charge on any atom is -0.444 e. The number of hydrogen-bond acceptors (Lipinski definition) is 7. The Hall–Kier alpha value is -3.89. The number of nitrogens with two attached hydrogens (primary N) is 1. The molecule has 0 saturated carbocycles. The van der Waals surface area contributed by atoms with Gasteiger partial charge in [0.25, 0.3) is 11.8 Å². The Balaban J connectivity index is 1.42. The van der Waals surface area contributed by atoms with Gasteiger partial charge in [0.15, 0.2) is 11.5 Å². The van der Waals surface area contributed by atoms with Crippen molar-refractivity contribution in [2.24, 2.45) is 0 Å². The van der Waals surface area contributed by atoms with Gasteiger partial charge in [0, 0.05) is 36.8 Å². The Morgan fingerprint density at radius 2 is 1.88 bits per heavy atom. The van der Waals surface area contributed by atoms with E-state index in [9.17, 15) is 14.4 Å². The van der Waals surface area contributed by atoms with Crippen LogP contribution in [0.4, 0.5) is 10.6 Å². The van der Waals surface area contributed by atoms with Crippen molar-refractivity contribution >= 4 is 46.9 Å². The third kappa shape index (κ3) is 7.40. The van der Waals surface area contributed by atoms with Gasteiger partial charge in [0.1, 0.15) is 5.60 Å². The van der Waals surface area contributed by atoms with Crippen molar-refractivity contribution in [3.8, 4) is 11.3 Å². The number of anilines is 1. The second kappa shape index (κ2) is 12.1. The molecule has 0 spiro atoms. The van der Waals surface area contributed by atoms with E-state index in [2.05, 4.69) is 20.6 Å². The van der Waals surface area contributed by atoms with Gasteiger partial charge in [-0.2, -0.15) is 0 Å². The molecule has 0 bridgehead atoms. The number of nitrogens with zero attached hydrogens (tertiary/aromatic N) is 3. The summed E-state index contributed by atoms with van der Waals surface area (Å²) in [6.45, 7) is 6.43. The zero-order valence-electron chi connectivity index (χ0n) is 22.3. The van der Waals surface area contributed by atoms with Crippen LogP contribution in [0, 0.1) is 0 Å². The molecule has 40 heavy (non-hydrogen) atoms. The maximum Gasteiger partial charge on any atom is 0.410 e. The standard InChI is InChI=1S/C28H30Cl2N6O4/c1-28(2,3)40-27(39)36-10-9-19(15-36)34-26(38)23-24(31)32-14-22(35-23)17-5-4-6-18(12-17)25(37)33-13-16-7-8-20(29)21(30)11-16/h4-8,11-12,14,19H,9-10,13,15H2,1-3H3,(H2,31,32)(H,33,37)(H,34,38)/t19-/m0/s1. The maximum atomic E-state index is 13.0. The SMILES string of the molecule is CC(C)(C)OC(=O)N1CC[C@H](NC(=O)c2nc(-c3cccc(C(=O)NCc4ccc(Cl)c(Cl)c4)c3)cnc2N)C1. The largest absolute Gasteiger partial charge is 0.444 e. The molecule has 1 aliphatic heterocycles. The molecule has 1 aliphatic rings. The molecule has 4 N–H and O–H groups in total. The van der Waals surface area contributed by atoms with Crippen molar-refractivity contribution in [3.05, 3.63) is 75.5 Å². The number of halogens is 2. The van der Waals surface area contributed by atoms with Crippen LogP contribution in [0.5, 0.6) is 0 Å². The van der Waals surface area contributed by atoms with Gasteiger partial charge in [0.05, 0.1) is 21.9 Å². The molecule has 0 radical (unpaired) electrons. The number of ether oxygens (including phenoxy) is 1. The van der Waals surface area contributed by atoms with Crippen LogP contribution in [0.25, 0.3) is 11.3 Å². The number of aromatic nitrogens is 2.